The van der Waals surface area contributed by atoms with Crippen molar-refractivity contribution in [3.63, 3.8) is 0 Å². The first-order valence-electron chi connectivity index (χ1n) is 12.3. The van der Waals surface area contributed by atoms with Crippen LogP contribution in [-0.4, -0.2) is 44.5 Å². The Morgan fingerprint density at radius 1 is 0.879 bits per heavy atom. The summed E-state index contributed by atoms with van der Waals surface area (Å²) in [5.74, 6) is 0. The molecule has 0 saturated carbocycles. The molecule has 173 valence electrons. The lowest BCUT2D eigenvalue weighted by Gasteiger charge is -2.47. The molecule has 0 amide bonds. The maximum absolute atomic E-state index is 3.86. The van der Waals surface area contributed by atoms with Crippen LogP contribution in [0.25, 0.3) is 5.57 Å². The Morgan fingerprint density at radius 2 is 1.58 bits per heavy atom. The van der Waals surface area contributed by atoms with E-state index < -0.39 is 8.07 Å². The zero-order valence-corrected chi connectivity index (χ0v) is 23.5. The van der Waals surface area contributed by atoms with Crippen molar-refractivity contribution in [2.75, 3.05) is 31.1 Å². The van der Waals surface area contributed by atoms with E-state index in [2.05, 4.69) is 127 Å². The number of hydrogen-bond acceptors (Lipinski definition) is 1. The van der Waals surface area contributed by atoms with E-state index in [0.717, 1.165) is 30.7 Å². The number of halogens is 1. The lowest BCUT2D eigenvalue weighted by atomic mass is 9.89. The van der Waals surface area contributed by atoms with Gasteiger partial charge in [0.1, 0.15) is 13.1 Å². The highest BCUT2D eigenvalue weighted by atomic mass is 79.9. The minimum Gasteiger partial charge on any atom is -0.372 e. The standard InChI is InChI=1S/C29H36BrN2Si/c1-7-31(8-2)21-15-17-24-27(19-21)33(5,6)28-20-22(32(9-3)10-4)16-18-25(28)29(24)23-13-11-12-14-26(23)30/h11-20H,7-10H2,1-6H3. The molecule has 2 nitrogen and oxygen atoms in total. The Kier molecular flexibility index (Phi) is 6.97. The fourth-order valence-electron chi connectivity index (χ4n) is 5.35. The van der Waals surface area contributed by atoms with Crippen molar-refractivity contribution in [1.82, 2.24) is 0 Å². The third-order valence-corrected chi connectivity index (χ3v) is 11.5. The number of rotatable bonds is 6. The van der Waals surface area contributed by atoms with Gasteiger partial charge in [-0.3, -0.25) is 0 Å². The Hall–Kier alpha value is -2.17. The molecule has 4 heteroatoms. The summed E-state index contributed by atoms with van der Waals surface area (Å²) >= 11 is 3.86. The van der Waals surface area contributed by atoms with Gasteiger partial charge in [-0.05, 0) is 68.2 Å². The third-order valence-electron chi connectivity index (χ3n) is 7.29. The molecule has 0 saturated heterocycles. The van der Waals surface area contributed by atoms with Gasteiger partial charge in [0.15, 0.2) is 5.71 Å². The molecule has 0 bridgehead atoms. The van der Waals surface area contributed by atoms with Gasteiger partial charge in [-0.1, -0.05) is 60.4 Å². The Balaban J connectivity index is 2.06. The predicted octanol–water partition coefficient (Wildman–Crippen LogP) is 6.55. The molecule has 0 radical (unpaired) electrons. The summed E-state index contributed by atoms with van der Waals surface area (Å²) in [5, 5.41) is 3.09. The molecule has 0 atom stereocenters. The highest BCUT2D eigenvalue weighted by Crippen LogP contribution is 2.43. The molecule has 1 heterocycles. The fourth-order valence-corrected chi connectivity index (χ4v) is 8.90. The number of nitrogens with zero attached hydrogens (tertiary/aromatic N) is 2. The zero-order valence-electron chi connectivity index (χ0n) is 20.9. The van der Waals surface area contributed by atoms with E-state index in [-0.39, 0.29) is 0 Å². The molecule has 1 aliphatic heterocycles. The summed E-state index contributed by atoms with van der Waals surface area (Å²) in [7, 11) is -1.92. The van der Waals surface area contributed by atoms with Gasteiger partial charge in [0.05, 0.1) is 0 Å². The molecule has 2 aromatic carbocycles. The van der Waals surface area contributed by atoms with Crippen molar-refractivity contribution in [2.45, 2.75) is 40.8 Å². The SMILES string of the molecule is CCN(CC)c1ccc2c(c1)[Si-](C)(C)C1=CC(=[N+](CC)CC)C=CC1=C2c1ccccc1Br. The van der Waals surface area contributed by atoms with Gasteiger partial charge in [-0.25, -0.2) is 4.58 Å². The second-order valence-corrected chi connectivity index (χ2v) is 14.5. The first-order valence-corrected chi connectivity index (χ1v) is 16.1. The van der Waals surface area contributed by atoms with Crippen LogP contribution >= 0.6 is 15.9 Å². The van der Waals surface area contributed by atoms with Crippen molar-refractivity contribution in [3.8, 4) is 0 Å². The number of allylic oxidation sites excluding steroid dienone is 5. The molecular weight excluding hydrogens is 484 g/mol. The van der Waals surface area contributed by atoms with Gasteiger partial charge in [0, 0.05) is 29.3 Å². The maximum Gasteiger partial charge on any atom is 0.197 e. The molecule has 0 unspecified atom stereocenters. The quantitative estimate of drug-likeness (QED) is 0.309. The molecule has 2 aromatic rings. The van der Waals surface area contributed by atoms with Crippen molar-refractivity contribution in [2.24, 2.45) is 0 Å². The Morgan fingerprint density at radius 3 is 2.21 bits per heavy atom. The van der Waals surface area contributed by atoms with Gasteiger partial charge >= 0.3 is 0 Å². The summed E-state index contributed by atoms with van der Waals surface area (Å²) in [6.07, 6.45) is 7.20. The van der Waals surface area contributed by atoms with Gasteiger partial charge in [-0.2, -0.15) is 23.5 Å². The fraction of sp³-hybridized carbons (Fsp3) is 0.345. The van der Waals surface area contributed by atoms with Crippen LogP contribution in [0.2, 0.25) is 13.1 Å². The topological polar surface area (TPSA) is 6.25 Å². The number of anilines is 1. The largest absolute Gasteiger partial charge is 0.372 e. The van der Waals surface area contributed by atoms with Gasteiger partial charge < -0.3 is 4.90 Å². The summed E-state index contributed by atoms with van der Waals surface area (Å²) in [4.78, 5) is 2.46. The third kappa shape index (κ3) is 4.12. The minimum atomic E-state index is -1.92. The summed E-state index contributed by atoms with van der Waals surface area (Å²) in [5.41, 5.74) is 8.12. The molecule has 4 rings (SSSR count). The van der Waals surface area contributed by atoms with Gasteiger partial charge in [0.25, 0.3) is 0 Å². The lowest BCUT2D eigenvalue weighted by molar-refractivity contribution is -0.519. The van der Waals surface area contributed by atoms with Crippen LogP contribution in [0.5, 0.6) is 0 Å². The van der Waals surface area contributed by atoms with Crippen LogP contribution in [-0.2, 0) is 0 Å². The molecule has 0 fully saturated rings. The van der Waals surface area contributed by atoms with E-state index in [1.807, 2.05) is 0 Å². The van der Waals surface area contributed by atoms with Crippen LogP contribution in [0.3, 0.4) is 0 Å². The van der Waals surface area contributed by atoms with E-state index in [0.29, 0.717) is 0 Å². The molecule has 0 spiro atoms. The average molecular weight is 521 g/mol. The second-order valence-electron chi connectivity index (χ2n) is 9.28. The smallest absolute Gasteiger partial charge is 0.197 e. The van der Waals surface area contributed by atoms with E-state index >= 15 is 0 Å². The molecular formula is C29H36BrN2Si. The molecule has 0 N–H and O–H groups in total. The Bertz CT molecular complexity index is 1190. The van der Waals surface area contributed by atoms with Crippen molar-refractivity contribution < 1.29 is 4.58 Å². The maximum atomic E-state index is 3.86. The predicted molar refractivity (Wildman–Crippen MR) is 151 cm³/mol. The van der Waals surface area contributed by atoms with Crippen molar-refractivity contribution in [1.29, 1.82) is 0 Å². The first kappa shape index (κ1) is 24.0. The van der Waals surface area contributed by atoms with Crippen LogP contribution in [0, 0.1) is 0 Å². The number of benzene rings is 2. The van der Waals surface area contributed by atoms with Crippen LogP contribution < -0.4 is 10.1 Å². The molecule has 1 aliphatic carbocycles. The average Bonchev–Trinajstić information content (AvgIpc) is 2.82. The monoisotopic (exact) mass is 519 g/mol. The van der Waals surface area contributed by atoms with E-state index in [1.54, 1.807) is 10.4 Å². The highest BCUT2D eigenvalue weighted by molar-refractivity contribution is 9.10. The Labute approximate surface area is 209 Å². The van der Waals surface area contributed by atoms with E-state index in [4.69, 9.17) is 0 Å². The highest BCUT2D eigenvalue weighted by Gasteiger charge is 2.32. The number of fused-ring (bicyclic) bond motifs is 2. The van der Waals surface area contributed by atoms with Crippen molar-refractivity contribution >= 4 is 46.2 Å². The molecule has 33 heavy (non-hydrogen) atoms. The molecule has 2 aliphatic rings. The van der Waals surface area contributed by atoms with E-state index in [9.17, 15) is 0 Å². The summed E-state index contributed by atoms with van der Waals surface area (Å²) in [6, 6.07) is 15.9. The van der Waals surface area contributed by atoms with Crippen molar-refractivity contribution in [3.05, 3.63) is 87.1 Å². The second kappa shape index (κ2) is 9.59. The number of hydrogen-bond donors (Lipinski definition) is 0. The first-order chi connectivity index (χ1) is 15.9. The minimum absolute atomic E-state index is 1.03. The van der Waals surface area contributed by atoms with Crippen LogP contribution in [0.4, 0.5) is 5.69 Å². The van der Waals surface area contributed by atoms with Crippen LogP contribution in [0.1, 0.15) is 38.8 Å². The lowest BCUT2D eigenvalue weighted by Crippen LogP contribution is -2.50. The normalized spacial score (nSPS) is 16.3. The van der Waals surface area contributed by atoms with Crippen LogP contribution in [0.15, 0.2) is 75.9 Å². The summed E-state index contributed by atoms with van der Waals surface area (Å²) in [6.45, 7) is 18.2. The molecule has 0 aromatic heterocycles. The van der Waals surface area contributed by atoms with E-state index in [1.165, 1.54) is 33.7 Å². The van der Waals surface area contributed by atoms with Gasteiger partial charge in [-0.15, -0.1) is 0 Å². The zero-order chi connectivity index (χ0) is 23.8. The summed E-state index contributed by atoms with van der Waals surface area (Å²) < 4.78 is 3.61. The van der Waals surface area contributed by atoms with Gasteiger partial charge in [0.2, 0.25) is 0 Å².